The van der Waals surface area contributed by atoms with Crippen LogP contribution in [0.3, 0.4) is 0 Å². The first-order valence-corrected chi connectivity index (χ1v) is 8.51. The quantitative estimate of drug-likeness (QED) is 0.806. The Bertz CT molecular complexity index is 554. The summed E-state index contributed by atoms with van der Waals surface area (Å²) in [5.41, 5.74) is -0.153. The van der Waals surface area contributed by atoms with Gasteiger partial charge in [0.1, 0.15) is 0 Å². The van der Waals surface area contributed by atoms with E-state index in [0.29, 0.717) is 44.4 Å². The third kappa shape index (κ3) is 3.77. The smallest absolute Gasteiger partial charge is 0.232 e. The largest absolute Gasteiger partial charge is 0.339 e. The van der Waals surface area contributed by atoms with E-state index in [9.17, 15) is 8.42 Å². The highest BCUT2D eigenvalue weighted by atomic mass is 32.2. The lowest BCUT2D eigenvalue weighted by molar-refractivity contribution is 0.177. The molecule has 7 nitrogen and oxygen atoms in total. The zero-order chi connectivity index (χ0) is 15.0. The Morgan fingerprint density at radius 1 is 1.20 bits per heavy atom. The molecule has 1 aromatic rings. The van der Waals surface area contributed by atoms with E-state index in [1.54, 1.807) is 0 Å². The van der Waals surface area contributed by atoms with E-state index in [2.05, 4.69) is 15.0 Å². The topological polar surface area (TPSA) is 79.5 Å². The maximum Gasteiger partial charge on any atom is 0.232 e. The van der Waals surface area contributed by atoms with E-state index in [1.807, 2.05) is 20.8 Å². The highest BCUT2D eigenvalue weighted by molar-refractivity contribution is 7.88. The SMILES string of the molecule is CC(C)(C)c1nc(CN2CCN(S(C)(=O)=O)CC2)no1. The van der Waals surface area contributed by atoms with Crippen LogP contribution in [-0.4, -0.2) is 60.2 Å². The van der Waals surface area contributed by atoms with E-state index in [4.69, 9.17) is 4.52 Å². The van der Waals surface area contributed by atoms with Crippen molar-refractivity contribution in [1.29, 1.82) is 0 Å². The Labute approximate surface area is 120 Å². The lowest BCUT2D eigenvalue weighted by Crippen LogP contribution is -2.47. The second kappa shape index (κ2) is 5.42. The molecule has 1 aliphatic rings. The maximum atomic E-state index is 11.4. The molecule has 2 rings (SSSR count). The molecule has 0 aromatic carbocycles. The Balaban J connectivity index is 1.92. The number of hydrogen-bond acceptors (Lipinski definition) is 6. The number of piperazine rings is 1. The second-order valence-corrected chi connectivity index (χ2v) is 8.19. The molecule has 0 saturated carbocycles. The van der Waals surface area contributed by atoms with Gasteiger partial charge in [-0.2, -0.15) is 9.29 Å². The van der Waals surface area contributed by atoms with E-state index >= 15 is 0 Å². The fourth-order valence-electron chi connectivity index (χ4n) is 2.04. The summed E-state index contributed by atoms with van der Waals surface area (Å²) in [7, 11) is -3.08. The van der Waals surface area contributed by atoms with Crippen LogP contribution in [0, 0.1) is 0 Å². The molecule has 20 heavy (non-hydrogen) atoms. The van der Waals surface area contributed by atoms with Gasteiger partial charge >= 0.3 is 0 Å². The molecule has 114 valence electrons. The van der Waals surface area contributed by atoms with Crippen molar-refractivity contribution in [3.8, 4) is 0 Å². The summed E-state index contributed by atoms with van der Waals surface area (Å²) in [4.78, 5) is 6.53. The number of hydrogen-bond donors (Lipinski definition) is 0. The van der Waals surface area contributed by atoms with E-state index in [1.165, 1.54) is 10.6 Å². The van der Waals surface area contributed by atoms with Crippen molar-refractivity contribution in [2.45, 2.75) is 32.7 Å². The number of aromatic nitrogens is 2. The number of rotatable bonds is 3. The van der Waals surface area contributed by atoms with Gasteiger partial charge in [0, 0.05) is 31.6 Å². The van der Waals surface area contributed by atoms with E-state index in [-0.39, 0.29) is 5.41 Å². The molecule has 0 unspecified atom stereocenters. The van der Waals surface area contributed by atoms with Crippen LogP contribution in [0.1, 0.15) is 32.5 Å². The molecule has 0 bridgehead atoms. The summed E-state index contributed by atoms with van der Waals surface area (Å²) in [5.74, 6) is 1.28. The highest BCUT2D eigenvalue weighted by Gasteiger charge is 2.26. The predicted molar refractivity (Wildman–Crippen MR) is 74.7 cm³/mol. The van der Waals surface area contributed by atoms with Crippen LogP contribution in [-0.2, 0) is 22.0 Å². The molecule has 1 saturated heterocycles. The van der Waals surface area contributed by atoms with Gasteiger partial charge < -0.3 is 4.52 Å². The van der Waals surface area contributed by atoms with Crippen LogP contribution in [0.4, 0.5) is 0 Å². The third-order valence-electron chi connectivity index (χ3n) is 3.27. The molecule has 8 heteroatoms. The minimum atomic E-state index is -3.08. The lowest BCUT2D eigenvalue weighted by Gasteiger charge is -2.32. The van der Waals surface area contributed by atoms with Gasteiger partial charge in [-0.1, -0.05) is 25.9 Å². The average Bonchev–Trinajstić information content (AvgIpc) is 2.77. The third-order valence-corrected chi connectivity index (χ3v) is 4.58. The van der Waals surface area contributed by atoms with Crippen LogP contribution in [0.2, 0.25) is 0 Å². The van der Waals surface area contributed by atoms with Crippen LogP contribution >= 0.6 is 0 Å². The zero-order valence-electron chi connectivity index (χ0n) is 12.5. The Morgan fingerprint density at radius 3 is 2.25 bits per heavy atom. The zero-order valence-corrected chi connectivity index (χ0v) is 13.3. The van der Waals surface area contributed by atoms with Gasteiger partial charge in [0.05, 0.1) is 12.8 Å². The van der Waals surface area contributed by atoms with Crippen molar-refractivity contribution in [2.24, 2.45) is 0 Å². The monoisotopic (exact) mass is 302 g/mol. The van der Waals surface area contributed by atoms with Gasteiger partial charge in [-0.05, 0) is 0 Å². The summed E-state index contributed by atoms with van der Waals surface area (Å²) < 4.78 is 29.6. The summed E-state index contributed by atoms with van der Waals surface area (Å²) >= 11 is 0. The molecule has 0 amide bonds. The van der Waals surface area contributed by atoms with Gasteiger partial charge in [0.25, 0.3) is 0 Å². The fraction of sp³-hybridized carbons (Fsp3) is 0.833. The van der Waals surface area contributed by atoms with Gasteiger partial charge in [0.2, 0.25) is 15.9 Å². The minimum absolute atomic E-state index is 0.153. The highest BCUT2D eigenvalue weighted by Crippen LogP contribution is 2.20. The normalized spacial score (nSPS) is 19.4. The molecule has 0 atom stereocenters. The van der Waals surface area contributed by atoms with Crippen LogP contribution < -0.4 is 0 Å². The first-order chi connectivity index (χ1) is 9.16. The summed E-state index contributed by atoms with van der Waals surface area (Å²) in [5, 5.41) is 3.98. The molecule has 0 N–H and O–H groups in total. The van der Waals surface area contributed by atoms with Crippen LogP contribution in [0.25, 0.3) is 0 Å². The lowest BCUT2D eigenvalue weighted by atomic mass is 9.97. The van der Waals surface area contributed by atoms with E-state index in [0.717, 1.165) is 0 Å². The van der Waals surface area contributed by atoms with Gasteiger partial charge in [0.15, 0.2) is 5.82 Å². The standard InChI is InChI=1S/C12H22N4O3S/c1-12(2,3)11-13-10(14-19-11)9-15-5-7-16(8-6-15)20(4,17)18/h5-9H2,1-4H3. The molecule has 1 aliphatic heterocycles. The van der Waals surface area contributed by atoms with Crippen molar-refractivity contribution in [1.82, 2.24) is 19.3 Å². The summed E-state index contributed by atoms with van der Waals surface area (Å²) in [6.45, 7) is 9.07. The fourth-order valence-corrected chi connectivity index (χ4v) is 2.87. The van der Waals surface area contributed by atoms with Crippen molar-refractivity contribution >= 4 is 10.0 Å². The van der Waals surface area contributed by atoms with Gasteiger partial charge in [-0.25, -0.2) is 8.42 Å². The number of sulfonamides is 1. The molecule has 2 heterocycles. The molecule has 0 aliphatic carbocycles. The Hall–Kier alpha value is -0.990. The van der Waals surface area contributed by atoms with Gasteiger partial charge in [-0.3, -0.25) is 4.90 Å². The molecular formula is C12H22N4O3S. The van der Waals surface area contributed by atoms with Crippen molar-refractivity contribution in [2.75, 3.05) is 32.4 Å². The maximum absolute atomic E-state index is 11.4. The van der Waals surface area contributed by atoms with Crippen molar-refractivity contribution in [3.63, 3.8) is 0 Å². The summed E-state index contributed by atoms with van der Waals surface area (Å²) in [6, 6.07) is 0. The summed E-state index contributed by atoms with van der Waals surface area (Å²) in [6.07, 6.45) is 1.25. The van der Waals surface area contributed by atoms with Gasteiger partial charge in [-0.15, -0.1) is 0 Å². The predicted octanol–water partition coefficient (Wildman–Crippen LogP) is 0.444. The van der Waals surface area contributed by atoms with Crippen molar-refractivity contribution in [3.05, 3.63) is 11.7 Å². The Kier molecular flexibility index (Phi) is 4.17. The van der Waals surface area contributed by atoms with Crippen LogP contribution in [0.15, 0.2) is 4.52 Å². The molecule has 0 radical (unpaired) electrons. The van der Waals surface area contributed by atoms with Crippen molar-refractivity contribution < 1.29 is 12.9 Å². The second-order valence-electron chi connectivity index (χ2n) is 6.20. The minimum Gasteiger partial charge on any atom is -0.339 e. The molecular weight excluding hydrogens is 280 g/mol. The number of nitrogens with zero attached hydrogens (tertiary/aromatic N) is 4. The molecule has 1 fully saturated rings. The first-order valence-electron chi connectivity index (χ1n) is 6.67. The average molecular weight is 302 g/mol. The first kappa shape index (κ1) is 15.4. The molecule has 0 spiro atoms. The van der Waals surface area contributed by atoms with Crippen LogP contribution in [0.5, 0.6) is 0 Å². The van der Waals surface area contributed by atoms with E-state index < -0.39 is 10.0 Å². The Morgan fingerprint density at radius 2 is 1.80 bits per heavy atom. The molecule has 1 aromatic heterocycles.